The van der Waals surface area contributed by atoms with E-state index in [1.54, 1.807) is 0 Å². The molecule has 1 heterocycles. The van der Waals surface area contributed by atoms with Gasteiger partial charge in [-0.2, -0.15) is 0 Å². The van der Waals surface area contributed by atoms with Crippen molar-refractivity contribution < 1.29 is 9.90 Å². The van der Waals surface area contributed by atoms with E-state index in [1.807, 2.05) is 12.1 Å². The van der Waals surface area contributed by atoms with Gasteiger partial charge in [0.15, 0.2) is 0 Å². The number of nitrogens with zero attached hydrogens (tertiary/aromatic N) is 1. The number of carboxylic acids is 1. The number of benzene rings is 1. The monoisotopic (exact) mass is 229 g/mol. The van der Waals surface area contributed by atoms with Gasteiger partial charge in [-0.3, -0.25) is 4.79 Å². The van der Waals surface area contributed by atoms with Gasteiger partial charge in [-0.05, 0) is 37.0 Å². The summed E-state index contributed by atoms with van der Waals surface area (Å²) in [4.78, 5) is 10.6. The summed E-state index contributed by atoms with van der Waals surface area (Å²) in [7, 11) is 0. The molecule has 3 heteroatoms. The van der Waals surface area contributed by atoms with Gasteiger partial charge < -0.3 is 9.67 Å². The minimum atomic E-state index is -0.733. The summed E-state index contributed by atoms with van der Waals surface area (Å²) in [6.45, 7) is 0. The smallest absolute Gasteiger partial charge is 0.303 e. The van der Waals surface area contributed by atoms with Crippen molar-refractivity contribution in [3.8, 4) is 0 Å². The number of aryl methyl sites for hydroxylation is 1. The van der Waals surface area contributed by atoms with Crippen molar-refractivity contribution in [3.63, 3.8) is 0 Å². The minimum Gasteiger partial charge on any atom is -0.481 e. The molecular weight excluding hydrogens is 214 g/mol. The van der Waals surface area contributed by atoms with Crippen molar-refractivity contribution in [3.05, 3.63) is 36.0 Å². The molecule has 1 aromatic heterocycles. The number of hydrogen-bond acceptors (Lipinski definition) is 1. The Morgan fingerprint density at radius 1 is 1.35 bits per heavy atom. The van der Waals surface area contributed by atoms with Gasteiger partial charge in [-0.1, -0.05) is 12.1 Å². The first-order valence-corrected chi connectivity index (χ1v) is 6.06. The fourth-order valence-electron chi connectivity index (χ4n) is 2.38. The number of aromatic nitrogens is 1. The number of hydrogen-bond donors (Lipinski definition) is 1. The highest BCUT2D eigenvalue weighted by molar-refractivity contribution is 5.84. The van der Waals surface area contributed by atoms with Crippen molar-refractivity contribution in [1.82, 2.24) is 4.57 Å². The predicted molar refractivity (Wildman–Crippen MR) is 66.2 cm³/mol. The predicted octanol–water partition coefficient (Wildman–Crippen LogP) is 2.99. The maximum Gasteiger partial charge on any atom is 0.303 e. The molecule has 17 heavy (non-hydrogen) atoms. The van der Waals surface area contributed by atoms with Crippen LogP contribution in [-0.2, 0) is 11.2 Å². The Balaban J connectivity index is 1.98. The molecule has 88 valence electrons. The summed E-state index contributed by atoms with van der Waals surface area (Å²) in [5, 5.41) is 9.95. The lowest BCUT2D eigenvalue weighted by Crippen LogP contribution is -1.98. The van der Waals surface area contributed by atoms with Crippen LogP contribution >= 0.6 is 0 Å². The minimum absolute atomic E-state index is 0.202. The number of aliphatic carboxylic acids is 1. The lowest BCUT2D eigenvalue weighted by atomic mass is 10.1. The molecule has 1 aromatic carbocycles. The van der Waals surface area contributed by atoms with Gasteiger partial charge in [0.05, 0.1) is 0 Å². The van der Waals surface area contributed by atoms with Crippen molar-refractivity contribution in [2.75, 3.05) is 0 Å². The van der Waals surface area contributed by atoms with E-state index in [0.717, 1.165) is 5.56 Å². The van der Waals surface area contributed by atoms with Crippen molar-refractivity contribution >= 4 is 16.9 Å². The molecule has 0 aliphatic heterocycles. The Morgan fingerprint density at radius 2 is 2.18 bits per heavy atom. The average molecular weight is 229 g/mol. The van der Waals surface area contributed by atoms with Gasteiger partial charge in [-0.15, -0.1) is 0 Å². The van der Waals surface area contributed by atoms with Crippen molar-refractivity contribution in [1.29, 1.82) is 0 Å². The molecule has 1 fully saturated rings. The molecule has 3 nitrogen and oxygen atoms in total. The summed E-state index contributed by atoms with van der Waals surface area (Å²) in [5.74, 6) is -0.733. The fourth-order valence-corrected chi connectivity index (χ4v) is 2.38. The van der Waals surface area contributed by atoms with Gasteiger partial charge in [-0.25, -0.2) is 0 Å². The third-order valence-electron chi connectivity index (χ3n) is 3.40. The van der Waals surface area contributed by atoms with E-state index in [2.05, 4.69) is 22.9 Å². The third kappa shape index (κ3) is 1.93. The third-order valence-corrected chi connectivity index (χ3v) is 3.40. The van der Waals surface area contributed by atoms with Crippen LogP contribution in [0.2, 0.25) is 0 Å². The van der Waals surface area contributed by atoms with Crippen molar-refractivity contribution in [2.45, 2.75) is 31.7 Å². The van der Waals surface area contributed by atoms with Gasteiger partial charge in [0, 0.05) is 29.6 Å². The van der Waals surface area contributed by atoms with Crippen LogP contribution in [-0.4, -0.2) is 15.6 Å². The van der Waals surface area contributed by atoms with Crippen LogP contribution in [0.1, 0.15) is 30.9 Å². The Bertz CT molecular complexity index is 567. The number of carboxylic acid groups (broad SMARTS) is 1. The second kappa shape index (κ2) is 3.91. The van der Waals surface area contributed by atoms with E-state index in [9.17, 15) is 4.79 Å². The molecule has 0 spiro atoms. The number of rotatable bonds is 4. The molecule has 0 bridgehead atoms. The quantitative estimate of drug-likeness (QED) is 0.875. The second-order valence-electron chi connectivity index (χ2n) is 4.70. The van der Waals surface area contributed by atoms with Crippen LogP contribution in [0.3, 0.4) is 0 Å². The van der Waals surface area contributed by atoms with E-state index in [0.29, 0.717) is 12.5 Å². The second-order valence-corrected chi connectivity index (χ2v) is 4.70. The fraction of sp³-hybridized carbons (Fsp3) is 0.357. The van der Waals surface area contributed by atoms with Gasteiger partial charge in [0.2, 0.25) is 0 Å². The van der Waals surface area contributed by atoms with Crippen LogP contribution in [0.4, 0.5) is 0 Å². The van der Waals surface area contributed by atoms with E-state index < -0.39 is 5.97 Å². The Labute approximate surface area is 99.7 Å². The van der Waals surface area contributed by atoms with E-state index in [4.69, 9.17) is 5.11 Å². The summed E-state index contributed by atoms with van der Waals surface area (Å²) in [6, 6.07) is 8.96. The zero-order valence-corrected chi connectivity index (χ0v) is 9.60. The Kier molecular flexibility index (Phi) is 2.39. The maximum absolute atomic E-state index is 10.6. The average Bonchev–Trinajstić information content (AvgIpc) is 3.06. The Morgan fingerprint density at radius 3 is 2.88 bits per heavy atom. The van der Waals surface area contributed by atoms with E-state index in [1.165, 1.54) is 23.7 Å². The molecule has 1 saturated carbocycles. The van der Waals surface area contributed by atoms with Gasteiger partial charge in [0.1, 0.15) is 0 Å². The number of fused-ring (bicyclic) bond motifs is 1. The molecule has 0 saturated heterocycles. The van der Waals surface area contributed by atoms with Crippen LogP contribution in [0.5, 0.6) is 0 Å². The molecule has 0 atom stereocenters. The molecule has 3 rings (SSSR count). The first-order valence-electron chi connectivity index (χ1n) is 6.06. The topological polar surface area (TPSA) is 42.2 Å². The largest absolute Gasteiger partial charge is 0.481 e. The highest BCUT2D eigenvalue weighted by atomic mass is 16.4. The zero-order valence-electron chi connectivity index (χ0n) is 9.60. The molecule has 0 radical (unpaired) electrons. The van der Waals surface area contributed by atoms with Gasteiger partial charge in [0.25, 0.3) is 0 Å². The maximum atomic E-state index is 10.6. The Hall–Kier alpha value is -1.77. The van der Waals surface area contributed by atoms with Crippen LogP contribution < -0.4 is 0 Å². The van der Waals surface area contributed by atoms with Crippen LogP contribution in [0.15, 0.2) is 30.5 Å². The highest BCUT2D eigenvalue weighted by Crippen LogP contribution is 2.38. The summed E-state index contributed by atoms with van der Waals surface area (Å²) in [5.41, 5.74) is 2.39. The lowest BCUT2D eigenvalue weighted by molar-refractivity contribution is -0.136. The molecule has 1 aliphatic carbocycles. The first-order chi connectivity index (χ1) is 8.25. The highest BCUT2D eigenvalue weighted by Gasteiger charge is 2.24. The summed E-state index contributed by atoms with van der Waals surface area (Å²) < 4.78 is 2.32. The molecular formula is C14H15NO2. The molecule has 2 aromatic rings. The number of carbonyl (C=O) groups is 1. The van der Waals surface area contributed by atoms with Gasteiger partial charge >= 0.3 is 5.97 Å². The summed E-state index contributed by atoms with van der Waals surface area (Å²) >= 11 is 0. The van der Waals surface area contributed by atoms with Crippen LogP contribution in [0, 0.1) is 0 Å². The first kappa shape index (κ1) is 10.4. The van der Waals surface area contributed by atoms with E-state index >= 15 is 0 Å². The molecule has 0 unspecified atom stereocenters. The summed E-state index contributed by atoms with van der Waals surface area (Å²) in [6.07, 6.45) is 5.48. The lowest BCUT2D eigenvalue weighted by Gasteiger charge is -2.05. The SMILES string of the molecule is O=C(O)CCc1cccc2c1ccn2C1CC1. The van der Waals surface area contributed by atoms with Crippen LogP contribution in [0.25, 0.3) is 10.9 Å². The normalized spacial score (nSPS) is 15.3. The molecule has 1 N–H and O–H groups in total. The standard InChI is InChI=1S/C14H15NO2/c16-14(17)7-4-10-2-1-3-13-12(10)8-9-15(13)11-5-6-11/h1-3,8-9,11H,4-7H2,(H,16,17). The zero-order chi connectivity index (χ0) is 11.8. The molecule has 0 amide bonds. The van der Waals surface area contributed by atoms with E-state index in [-0.39, 0.29) is 6.42 Å². The van der Waals surface area contributed by atoms with Crippen molar-refractivity contribution in [2.24, 2.45) is 0 Å². The molecule has 1 aliphatic rings.